The third-order valence-electron chi connectivity index (χ3n) is 3.47. The van der Waals surface area contributed by atoms with E-state index in [-0.39, 0.29) is 5.91 Å². The summed E-state index contributed by atoms with van der Waals surface area (Å²) >= 11 is 0. The number of rotatable bonds is 2. The Kier molecular flexibility index (Phi) is 4.14. The molecule has 1 N–H and O–H groups in total. The van der Waals surface area contributed by atoms with E-state index in [1.807, 2.05) is 6.07 Å². The van der Waals surface area contributed by atoms with Gasteiger partial charge in [0.1, 0.15) is 11.5 Å². The molecule has 0 aromatic heterocycles. The molecule has 2 amide bonds. The van der Waals surface area contributed by atoms with Crippen molar-refractivity contribution in [2.24, 2.45) is 0 Å². The summed E-state index contributed by atoms with van der Waals surface area (Å²) in [6.45, 7) is 0.346. The van der Waals surface area contributed by atoms with Gasteiger partial charge in [-0.2, -0.15) is 0 Å². The van der Waals surface area contributed by atoms with Crippen LogP contribution in [-0.2, 0) is 4.79 Å². The number of carbonyl (C=O) groups excluding carboxylic acids is 2. The molecule has 0 saturated carbocycles. The van der Waals surface area contributed by atoms with E-state index in [0.29, 0.717) is 35.9 Å². The highest BCUT2D eigenvalue weighted by molar-refractivity contribution is 5.96. The van der Waals surface area contributed by atoms with E-state index in [1.165, 1.54) is 4.90 Å². The molecule has 6 heteroatoms. The maximum atomic E-state index is 11.9. The van der Waals surface area contributed by atoms with Crippen LogP contribution in [0.15, 0.2) is 48.5 Å². The Morgan fingerprint density at radius 3 is 2.78 bits per heavy atom. The van der Waals surface area contributed by atoms with E-state index in [0.717, 1.165) is 0 Å². The molecule has 0 saturated heterocycles. The number of anilines is 2. The number of carbonyl (C=O) groups is 2. The number of amides is 2. The fourth-order valence-electron chi connectivity index (χ4n) is 2.27. The van der Waals surface area contributed by atoms with Crippen LogP contribution in [0.2, 0.25) is 0 Å². The van der Waals surface area contributed by atoms with Crippen molar-refractivity contribution in [1.82, 2.24) is 0 Å². The van der Waals surface area contributed by atoms with Crippen LogP contribution in [0.1, 0.15) is 6.42 Å². The number of ether oxygens (including phenoxy) is 2. The summed E-state index contributed by atoms with van der Waals surface area (Å²) in [6, 6.07) is 13.9. The van der Waals surface area contributed by atoms with Crippen molar-refractivity contribution in [2.75, 3.05) is 23.9 Å². The summed E-state index contributed by atoms with van der Waals surface area (Å²) in [6.07, 6.45) is -0.274. The molecule has 0 radical (unpaired) electrons. The lowest BCUT2D eigenvalue weighted by molar-refractivity contribution is -0.118. The fourth-order valence-corrected chi connectivity index (χ4v) is 2.27. The minimum atomic E-state index is -0.598. The first-order valence-corrected chi connectivity index (χ1v) is 7.21. The predicted molar refractivity (Wildman–Crippen MR) is 86.1 cm³/mol. The number of benzene rings is 2. The SMILES string of the molecule is CN1C(=O)CCOc2ccc(NC(=O)Oc3ccccc3)cc21. The van der Waals surface area contributed by atoms with Crippen molar-refractivity contribution < 1.29 is 19.1 Å². The molecule has 0 aliphatic carbocycles. The summed E-state index contributed by atoms with van der Waals surface area (Å²) < 4.78 is 10.7. The molecule has 2 aromatic carbocycles. The van der Waals surface area contributed by atoms with Gasteiger partial charge in [-0.3, -0.25) is 10.1 Å². The van der Waals surface area contributed by atoms with Crippen molar-refractivity contribution in [2.45, 2.75) is 6.42 Å². The number of fused-ring (bicyclic) bond motifs is 1. The number of hydrogen-bond donors (Lipinski definition) is 1. The standard InChI is InChI=1S/C17H16N2O4/c1-19-14-11-12(7-8-15(14)22-10-9-16(19)20)18-17(21)23-13-5-3-2-4-6-13/h2-8,11H,9-10H2,1H3,(H,18,21). The molecule has 0 atom stereocenters. The molecule has 1 aliphatic rings. The average Bonchev–Trinajstić information content (AvgIpc) is 2.68. The first-order chi connectivity index (χ1) is 11.1. The molecule has 1 heterocycles. The van der Waals surface area contributed by atoms with Crippen LogP contribution >= 0.6 is 0 Å². The van der Waals surface area contributed by atoms with Crippen LogP contribution in [0.3, 0.4) is 0 Å². The minimum Gasteiger partial charge on any atom is -0.491 e. The molecule has 3 rings (SSSR count). The van der Waals surface area contributed by atoms with Crippen LogP contribution in [0.5, 0.6) is 11.5 Å². The Hall–Kier alpha value is -3.02. The quantitative estimate of drug-likeness (QED) is 0.925. The van der Waals surface area contributed by atoms with Crippen LogP contribution in [0, 0.1) is 0 Å². The monoisotopic (exact) mass is 312 g/mol. The molecule has 0 unspecified atom stereocenters. The average molecular weight is 312 g/mol. The van der Waals surface area contributed by atoms with Gasteiger partial charge in [-0.25, -0.2) is 4.79 Å². The second kappa shape index (κ2) is 6.39. The predicted octanol–water partition coefficient (Wildman–Crippen LogP) is 3.04. The molecule has 118 valence electrons. The van der Waals surface area contributed by atoms with Gasteiger partial charge in [-0.05, 0) is 30.3 Å². The Morgan fingerprint density at radius 2 is 2.00 bits per heavy atom. The number of para-hydroxylation sites is 1. The van der Waals surface area contributed by atoms with Gasteiger partial charge in [-0.15, -0.1) is 0 Å². The lowest BCUT2D eigenvalue weighted by atomic mass is 10.2. The lowest BCUT2D eigenvalue weighted by Gasteiger charge is -2.17. The van der Waals surface area contributed by atoms with Crippen molar-refractivity contribution in [3.63, 3.8) is 0 Å². The van der Waals surface area contributed by atoms with E-state index in [1.54, 1.807) is 49.5 Å². The van der Waals surface area contributed by atoms with Gasteiger partial charge < -0.3 is 14.4 Å². The summed E-state index contributed by atoms with van der Waals surface area (Å²) in [5.74, 6) is 1.03. The first-order valence-electron chi connectivity index (χ1n) is 7.21. The van der Waals surface area contributed by atoms with Gasteiger partial charge in [0, 0.05) is 12.7 Å². The highest BCUT2D eigenvalue weighted by atomic mass is 16.6. The molecular formula is C17H16N2O4. The molecular weight excluding hydrogens is 296 g/mol. The molecule has 6 nitrogen and oxygen atoms in total. The lowest BCUT2D eigenvalue weighted by Crippen LogP contribution is -2.25. The second-order valence-corrected chi connectivity index (χ2v) is 5.06. The summed E-state index contributed by atoms with van der Waals surface area (Å²) in [5.41, 5.74) is 1.14. The van der Waals surface area contributed by atoms with E-state index in [9.17, 15) is 9.59 Å². The zero-order chi connectivity index (χ0) is 16.2. The summed E-state index contributed by atoms with van der Waals surface area (Å²) in [7, 11) is 1.68. The molecule has 0 fully saturated rings. The van der Waals surface area contributed by atoms with Crippen molar-refractivity contribution >= 4 is 23.4 Å². The number of nitrogens with one attached hydrogen (secondary N) is 1. The zero-order valence-electron chi connectivity index (χ0n) is 12.6. The molecule has 23 heavy (non-hydrogen) atoms. The van der Waals surface area contributed by atoms with Gasteiger partial charge in [-0.1, -0.05) is 18.2 Å². The largest absolute Gasteiger partial charge is 0.491 e. The minimum absolute atomic E-state index is 0.0345. The van der Waals surface area contributed by atoms with Gasteiger partial charge in [0.2, 0.25) is 5.91 Å². The van der Waals surface area contributed by atoms with E-state index in [4.69, 9.17) is 9.47 Å². The zero-order valence-corrected chi connectivity index (χ0v) is 12.6. The highest BCUT2D eigenvalue weighted by Gasteiger charge is 2.20. The smallest absolute Gasteiger partial charge is 0.417 e. The maximum absolute atomic E-state index is 11.9. The molecule has 0 spiro atoms. The first kappa shape index (κ1) is 14.9. The Balaban J connectivity index is 1.75. The van der Waals surface area contributed by atoms with Crippen LogP contribution < -0.4 is 19.7 Å². The Bertz CT molecular complexity index is 731. The van der Waals surface area contributed by atoms with Gasteiger partial charge >= 0.3 is 6.09 Å². The van der Waals surface area contributed by atoms with E-state index >= 15 is 0 Å². The van der Waals surface area contributed by atoms with Crippen LogP contribution in [0.4, 0.5) is 16.2 Å². The van der Waals surface area contributed by atoms with Gasteiger partial charge in [0.25, 0.3) is 0 Å². The highest BCUT2D eigenvalue weighted by Crippen LogP contribution is 2.33. The summed E-state index contributed by atoms with van der Waals surface area (Å²) in [4.78, 5) is 25.3. The van der Waals surface area contributed by atoms with Crippen LogP contribution in [0.25, 0.3) is 0 Å². The summed E-state index contributed by atoms with van der Waals surface area (Å²) in [5, 5.41) is 2.64. The van der Waals surface area contributed by atoms with Gasteiger partial charge in [0.15, 0.2) is 0 Å². The van der Waals surface area contributed by atoms with E-state index in [2.05, 4.69) is 5.32 Å². The molecule has 0 bridgehead atoms. The van der Waals surface area contributed by atoms with Crippen LogP contribution in [-0.4, -0.2) is 25.7 Å². The fraction of sp³-hybridized carbons (Fsp3) is 0.176. The molecule has 1 aliphatic heterocycles. The second-order valence-electron chi connectivity index (χ2n) is 5.06. The topological polar surface area (TPSA) is 67.9 Å². The number of hydrogen-bond acceptors (Lipinski definition) is 4. The Labute approximate surface area is 133 Å². The number of nitrogens with zero attached hydrogens (tertiary/aromatic N) is 1. The Morgan fingerprint density at radius 1 is 1.22 bits per heavy atom. The molecule has 2 aromatic rings. The van der Waals surface area contributed by atoms with E-state index < -0.39 is 6.09 Å². The normalized spacial score (nSPS) is 13.6. The third kappa shape index (κ3) is 3.42. The van der Waals surface area contributed by atoms with Crippen molar-refractivity contribution in [3.05, 3.63) is 48.5 Å². The van der Waals surface area contributed by atoms with Gasteiger partial charge in [0.05, 0.1) is 18.7 Å². The maximum Gasteiger partial charge on any atom is 0.417 e. The third-order valence-corrected chi connectivity index (χ3v) is 3.47. The van der Waals surface area contributed by atoms with Crippen molar-refractivity contribution in [1.29, 1.82) is 0 Å². The van der Waals surface area contributed by atoms with Crippen molar-refractivity contribution in [3.8, 4) is 11.5 Å².